The molecule has 1 aromatic rings. The first-order chi connectivity index (χ1) is 9.26. The van der Waals surface area contributed by atoms with Crippen LogP contribution in [-0.2, 0) is 0 Å². The van der Waals surface area contributed by atoms with Crippen LogP contribution in [0.25, 0.3) is 0 Å². The summed E-state index contributed by atoms with van der Waals surface area (Å²) in [6.45, 7) is 5.38. The number of hydrogen-bond acceptors (Lipinski definition) is 3. The van der Waals surface area contributed by atoms with Gasteiger partial charge in [0.25, 0.3) is 0 Å². The number of anilines is 1. The van der Waals surface area contributed by atoms with E-state index in [4.69, 9.17) is 0 Å². The van der Waals surface area contributed by atoms with Crippen LogP contribution in [0.1, 0.15) is 64.2 Å². The molecule has 2 rings (SSSR count). The summed E-state index contributed by atoms with van der Waals surface area (Å²) in [5, 5.41) is 9.80. The van der Waals surface area contributed by atoms with Gasteiger partial charge in [0.15, 0.2) is 0 Å². The monoisotopic (exact) mass is 262 g/mol. The van der Waals surface area contributed by atoms with Crippen molar-refractivity contribution in [3.05, 3.63) is 24.0 Å². The van der Waals surface area contributed by atoms with E-state index in [1.54, 1.807) is 0 Å². The van der Waals surface area contributed by atoms with Gasteiger partial charge in [0, 0.05) is 12.6 Å². The van der Waals surface area contributed by atoms with Crippen molar-refractivity contribution in [1.82, 2.24) is 4.98 Å². The molecule has 0 bridgehead atoms. The van der Waals surface area contributed by atoms with Gasteiger partial charge in [-0.15, -0.1) is 0 Å². The Morgan fingerprint density at radius 2 is 2.16 bits per heavy atom. The third-order valence-corrected chi connectivity index (χ3v) is 4.18. The molecule has 1 aliphatic rings. The SMILES string of the molecule is CCC1CCCCCN1c1ccc([C@H](O)CC)nc1. The highest BCUT2D eigenvalue weighted by Gasteiger charge is 2.20. The summed E-state index contributed by atoms with van der Waals surface area (Å²) in [6, 6.07) is 4.74. The highest BCUT2D eigenvalue weighted by molar-refractivity contribution is 5.46. The van der Waals surface area contributed by atoms with Crippen LogP contribution in [0.4, 0.5) is 5.69 Å². The Morgan fingerprint density at radius 1 is 1.32 bits per heavy atom. The third kappa shape index (κ3) is 3.47. The molecule has 2 atom stereocenters. The third-order valence-electron chi connectivity index (χ3n) is 4.18. The van der Waals surface area contributed by atoms with E-state index in [-0.39, 0.29) is 0 Å². The first-order valence-corrected chi connectivity index (χ1v) is 7.67. The number of rotatable bonds is 4. The average Bonchev–Trinajstić information content (AvgIpc) is 2.71. The Balaban J connectivity index is 2.14. The van der Waals surface area contributed by atoms with Gasteiger partial charge in [0.1, 0.15) is 0 Å². The van der Waals surface area contributed by atoms with Crippen molar-refractivity contribution in [3.63, 3.8) is 0 Å². The number of aromatic nitrogens is 1. The van der Waals surface area contributed by atoms with E-state index < -0.39 is 6.10 Å². The fourth-order valence-electron chi connectivity index (χ4n) is 2.92. The zero-order valence-electron chi connectivity index (χ0n) is 12.2. The molecule has 0 saturated carbocycles. The topological polar surface area (TPSA) is 36.4 Å². The van der Waals surface area contributed by atoms with Crippen molar-refractivity contribution in [1.29, 1.82) is 0 Å². The van der Waals surface area contributed by atoms with E-state index in [2.05, 4.69) is 22.9 Å². The lowest BCUT2D eigenvalue weighted by Gasteiger charge is -2.31. The molecule has 0 amide bonds. The Morgan fingerprint density at radius 3 is 2.79 bits per heavy atom. The highest BCUT2D eigenvalue weighted by Crippen LogP contribution is 2.26. The smallest absolute Gasteiger partial charge is 0.0957 e. The summed E-state index contributed by atoms with van der Waals surface area (Å²) in [6.07, 6.45) is 8.66. The molecule has 0 aromatic carbocycles. The number of hydrogen-bond donors (Lipinski definition) is 1. The molecule has 1 saturated heterocycles. The molecular formula is C16H26N2O. The largest absolute Gasteiger partial charge is 0.387 e. The Bertz CT molecular complexity index is 377. The molecule has 106 valence electrons. The molecule has 1 aliphatic heterocycles. The van der Waals surface area contributed by atoms with Crippen molar-refractivity contribution in [2.24, 2.45) is 0 Å². The predicted molar refractivity (Wildman–Crippen MR) is 79.4 cm³/mol. The second-order valence-corrected chi connectivity index (χ2v) is 5.47. The lowest BCUT2D eigenvalue weighted by atomic mass is 10.1. The molecule has 3 nitrogen and oxygen atoms in total. The molecule has 3 heteroatoms. The lowest BCUT2D eigenvalue weighted by molar-refractivity contribution is 0.169. The molecule has 1 aromatic heterocycles. The molecule has 1 unspecified atom stereocenters. The van der Waals surface area contributed by atoms with E-state index >= 15 is 0 Å². The normalized spacial score (nSPS) is 22.1. The van der Waals surface area contributed by atoms with Gasteiger partial charge in [0.2, 0.25) is 0 Å². The number of aliphatic hydroxyl groups excluding tert-OH is 1. The van der Waals surface area contributed by atoms with E-state index in [0.717, 1.165) is 12.2 Å². The van der Waals surface area contributed by atoms with Gasteiger partial charge in [0.05, 0.1) is 23.7 Å². The van der Waals surface area contributed by atoms with Crippen molar-refractivity contribution in [3.8, 4) is 0 Å². The van der Waals surface area contributed by atoms with Gasteiger partial charge < -0.3 is 10.0 Å². The minimum Gasteiger partial charge on any atom is -0.387 e. The molecule has 1 fully saturated rings. The minimum absolute atomic E-state index is 0.430. The van der Waals surface area contributed by atoms with Gasteiger partial charge in [-0.1, -0.05) is 26.7 Å². The summed E-state index contributed by atoms with van der Waals surface area (Å²) in [5.74, 6) is 0. The predicted octanol–water partition coefficient (Wildman–Crippen LogP) is 3.68. The fraction of sp³-hybridized carbons (Fsp3) is 0.688. The number of nitrogens with zero attached hydrogens (tertiary/aromatic N) is 2. The van der Waals surface area contributed by atoms with Crippen LogP contribution in [0.3, 0.4) is 0 Å². The minimum atomic E-state index is -0.430. The van der Waals surface area contributed by atoms with Crippen LogP contribution in [0.2, 0.25) is 0 Å². The molecule has 0 radical (unpaired) electrons. The van der Waals surface area contributed by atoms with Crippen LogP contribution < -0.4 is 4.90 Å². The zero-order chi connectivity index (χ0) is 13.7. The second kappa shape index (κ2) is 6.90. The second-order valence-electron chi connectivity index (χ2n) is 5.47. The molecule has 2 heterocycles. The van der Waals surface area contributed by atoms with Crippen LogP contribution >= 0.6 is 0 Å². The van der Waals surface area contributed by atoms with E-state index in [1.165, 1.54) is 37.8 Å². The highest BCUT2D eigenvalue weighted by atomic mass is 16.3. The maximum Gasteiger partial charge on any atom is 0.0957 e. The van der Waals surface area contributed by atoms with Gasteiger partial charge in [-0.25, -0.2) is 0 Å². The molecular weight excluding hydrogens is 236 g/mol. The first kappa shape index (κ1) is 14.3. The van der Waals surface area contributed by atoms with E-state index in [1.807, 2.05) is 19.2 Å². The summed E-state index contributed by atoms with van der Waals surface area (Å²) < 4.78 is 0. The van der Waals surface area contributed by atoms with Gasteiger partial charge in [-0.3, -0.25) is 4.98 Å². The molecule has 0 spiro atoms. The standard InChI is InChI=1S/C16H26N2O/c1-3-13-8-6-5-7-11-18(13)14-9-10-15(17-12-14)16(19)4-2/h9-10,12-13,16,19H,3-8,11H2,1-2H3/t13?,16-/m1/s1. The fourth-order valence-corrected chi connectivity index (χ4v) is 2.92. The summed E-state index contributed by atoms with van der Waals surface area (Å²) in [7, 11) is 0. The summed E-state index contributed by atoms with van der Waals surface area (Å²) in [4.78, 5) is 6.93. The first-order valence-electron chi connectivity index (χ1n) is 7.67. The number of pyridine rings is 1. The maximum atomic E-state index is 9.80. The lowest BCUT2D eigenvalue weighted by Crippen LogP contribution is -2.34. The van der Waals surface area contributed by atoms with Gasteiger partial charge in [-0.05, 0) is 37.8 Å². The Labute approximate surface area is 116 Å². The van der Waals surface area contributed by atoms with Crippen LogP contribution in [0.5, 0.6) is 0 Å². The summed E-state index contributed by atoms with van der Waals surface area (Å²) in [5.41, 5.74) is 2.00. The Kier molecular flexibility index (Phi) is 5.20. The van der Waals surface area contributed by atoms with Crippen LogP contribution in [-0.4, -0.2) is 22.7 Å². The van der Waals surface area contributed by atoms with Crippen molar-refractivity contribution in [2.45, 2.75) is 64.5 Å². The van der Waals surface area contributed by atoms with Gasteiger partial charge in [-0.2, -0.15) is 0 Å². The van der Waals surface area contributed by atoms with Crippen molar-refractivity contribution >= 4 is 5.69 Å². The quantitative estimate of drug-likeness (QED) is 0.899. The molecule has 0 aliphatic carbocycles. The van der Waals surface area contributed by atoms with Crippen molar-refractivity contribution < 1.29 is 5.11 Å². The molecule has 19 heavy (non-hydrogen) atoms. The van der Waals surface area contributed by atoms with E-state index in [0.29, 0.717) is 12.5 Å². The zero-order valence-corrected chi connectivity index (χ0v) is 12.2. The van der Waals surface area contributed by atoms with Crippen LogP contribution in [0, 0.1) is 0 Å². The molecule has 1 N–H and O–H groups in total. The Hall–Kier alpha value is -1.09. The average molecular weight is 262 g/mol. The van der Waals surface area contributed by atoms with Crippen LogP contribution in [0.15, 0.2) is 18.3 Å². The van der Waals surface area contributed by atoms with E-state index in [9.17, 15) is 5.11 Å². The van der Waals surface area contributed by atoms with Gasteiger partial charge >= 0.3 is 0 Å². The summed E-state index contributed by atoms with van der Waals surface area (Å²) >= 11 is 0. The van der Waals surface area contributed by atoms with Crippen molar-refractivity contribution in [2.75, 3.05) is 11.4 Å². The maximum absolute atomic E-state index is 9.80. The number of aliphatic hydroxyl groups is 1.